The standard InChI is InChI=1S/C27H26N6O4S/c28-11-17-4-3-5-18(8-17)13-33-14-22(20-6-1-2-7-24(20)33)26(35)21-12-30-16-31-27(21)32-23-9-19(10-25(23)34)15-37-38(29)36/h1-8,12,14,16,19,23,25,34H,9-10,13,15,29H2,(H,30,31,32)/t19-,23+,25+,38?/m0/s1. The second kappa shape index (κ2) is 11.2. The van der Waals surface area contributed by atoms with Crippen molar-refractivity contribution in [1.82, 2.24) is 14.5 Å². The molecular weight excluding hydrogens is 504 g/mol. The lowest BCUT2D eigenvalue weighted by atomic mass is 10.0. The van der Waals surface area contributed by atoms with Gasteiger partial charge in [0.2, 0.25) is 11.3 Å². The highest BCUT2D eigenvalue weighted by Crippen LogP contribution is 2.31. The largest absolute Gasteiger partial charge is 0.391 e. The first-order chi connectivity index (χ1) is 18.4. The van der Waals surface area contributed by atoms with E-state index in [0.29, 0.717) is 36.3 Å². The van der Waals surface area contributed by atoms with Gasteiger partial charge in [0.05, 0.1) is 35.9 Å². The van der Waals surface area contributed by atoms with Crippen molar-refractivity contribution in [3.63, 3.8) is 0 Å². The number of para-hydroxylation sites is 1. The monoisotopic (exact) mass is 530 g/mol. The molecule has 0 aliphatic heterocycles. The third-order valence-corrected chi connectivity index (χ3v) is 7.14. The summed E-state index contributed by atoms with van der Waals surface area (Å²) in [5.74, 6) is 0.0461. The van der Waals surface area contributed by atoms with E-state index in [1.807, 2.05) is 53.2 Å². The van der Waals surface area contributed by atoms with Gasteiger partial charge in [0, 0.05) is 35.4 Å². The van der Waals surface area contributed by atoms with Crippen LogP contribution in [-0.2, 0) is 22.0 Å². The van der Waals surface area contributed by atoms with E-state index in [4.69, 9.17) is 9.32 Å². The Morgan fingerprint density at radius 1 is 1.24 bits per heavy atom. The molecule has 2 aromatic carbocycles. The van der Waals surface area contributed by atoms with E-state index in [1.165, 1.54) is 12.5 Å². The minimum Gasteiger partial charge on any atom is -0.391 e. The van der Waals surface area contributed by atoms with Crippen molar-refractivity contribution in [2.45, 2.75) is 31.5 Å². The van der Waals surface area contributed by atoms with Gasteiger partial charge in [-0.15, -0.1) is 0 Å². The van der Waals surface area contributed by atoms with E-state index in [9.17, 15) is 19.4 Å². The summed E-state index contributed by atoms with van der Waals surface area (Å²) in [6.07, 6.45) is 4.93. The molecule has 1 aliphatic carbocycles. The number of aliphatic hydroxyl groups excluding tert-OH is 1. The Labute approximate surface area is 221 Å². The molecule has 194 valence electrons. The number of nitrogens with two attached hydrogens (primary N) is 1. The van der Waals surface area contributed by atoms with Crippen LogP contribution in [0.5, 0.6) is 0 Å². The highest BCUT2D eigenvalue weighted by Gasteiger charge is 2.34. The van der Waals surface area contributed by atoms with Gasteiger partial charge in [0.15, 0.2) is 5.78 Å². The smallest absolute Gasteiger partial charge is 0.231 e. The SMILES string of the molecule is N#Cc1cccc(Cn2cc(C(=O)c3cncnc3N[C@@H]3C[C@H](COS(N)=O)C[C@H]3O)c3ccccc32)c1. The molecule has 10 nitrogen and oxygen atoms in total. The molecule has 0 amide bonds. The van der Waals surface area contributed by atoms with Crippen LogP contribution in [0.2, 0.25) is 0 Å². The number of nitrogens with one attached hydrogen (secondary N) is 1. The first-order valence-corrected chi connectivity index (χ1v) is 13.2. The average Bonchev–Trinajstić information content (AvgIpc) is 3.47. The van der Waals surface area contributed by atoms with Crippen LogP contribution in [0.15, 0.2) is 67.3 Å². The molecule has 1 unspecified atom stereocenters. The van der Waals surface area contributed by atoms with Gasteiger partial charge in [-0.1, -0.05) is 30.3 Å². The maximum Gasteiger partial charge on any atom is 0.231 e. The van der Waals surface area contributed by atoms with Gasteiger partial charge in [0.25, 0.3) is 0 Å². The number of nitrogens with zero attached hydrogens (tertiary/aromatic N) is 4. The molecule has 1 aliphatic rings. The number of anilines is 1. The molecule has 1 fully saturated rings. The van der Waals surface area contributed by atoms with E-state index >= 15 is 0 Å². The number of hydrogen-bond acceptors (Lipinski definition) is 8. The zero-order valence-electron chi connectivity index (χ0n) is 20.4. The second-order valence-electron chi connectivity index (χ2n) is 9.31. The predicted octanol–water partition coefficient (Wildman–Crippen LogP) is 2.69. The highest BCUT2D eigenvalue weighted by molar-refractivity contribution is 7.77. The van der Waals surface area contributed by atoms with E-state index in [0.717, 1.165) is 16.5 Å². The third kappa shape index (κ3) is 5.49. The van der Waals surface area contributed by atoms with Gasteiger partial charge in [-0.05, 0) is 42.5 Å². The number of ketones is 1. The van der Waals surface area contributed by atoms with Crippen molar-refractivity contribution in [2.75, 3.05) is 11.9 Å². The van der Waals surface area contributed by atoms with Gasteiger partial charge in [-0.25, -0.2) is 19.3 Å². The number of carbonyl (C=O) groups excluding carboxylic acids is 1. The number of rotatable bonds is 9. The Bertz CT molecular complexity index is 1550. The minimum absolute atomic E-state index is 0.0338. The number of hydrogen-bond donors (Lipinski definition) is 3. The fraction of sp³-hybridized carbons (Fsp3) is 0.259. The maximum absolute atomic E-state index is 13.8. The zero-order chi connectivity index (χ0) is 26.6. The van der Waals surface area contributed by atoms with Crippen LogP contribution in [0, 0.1) is 17.2 Å². The summed E-state index contributed by atoms with van der Waals surface area (Å²) >= 11 is -1.86. The van der Waals surface area contributed by atoms with Gasteiger partial charge in [-0.2, -0.15) is 5.26 Å². The van der Waals surface area contributed by atoms with Crippen molar-refractivity contribution in [2.24, 2.45) is 11.1 Å². The van der Waals surface area contributed by atoms with Crippen LogP contribution in [0.25, 0.3) is 10.9 Å². The Balaban J connectivity index is 1.42. The van der Waals surface area contributed by atoms with Gasteiger partial charge >= 0.3 is 0 Å². The van der Waals surface area contributed by atoms with Crippen molar-refractivity contribution in [3.8, 4) is 6.07 Å². The molecule has 4 N–H and O–H groups in total. The molecule has 0 radical (unpaired) electrons. The summed E-state index contributed by atoms with van der Waals surface area (Å²) in [5, 5.41) is 29.0. The number of aliphatic hydroxyl groups is 1. The number of aromatic nitrogens is 3. The third-order valence-electron chi connectivity index (χ3n) is 6.77. The molecule has 0 saturated heterocycles. The quantitative estimate of drug-likeness (QED) is 0.279. The molecule has 11 heteroatoms. The number of nitriles is 1. The van der Waals surface area contributed by atoms with Crippen LogP contribution < -0.4 is 10.5 Å². The summed E-state index contributed by atoms with van der Waals surface area (Å²) in [7, 11) is 0. The Morgan fingerprint density at radius 2 is 2.08 bits per heavy atom. The second-order valence-corrected chi connectivity index (χ2v) is 10.1. The fourth-order valence-corrected chi connectivity index (χ4v) is 5.33. The normalized spacial score (nSPS) is 19.8. The van der Waals surface area contributed by atoms with E-state index < -0.39 is 17.4 Å². The van der Waals surface area contributed by atoms with Crippen LogP contribution in [0.4, 0.5) is 5.82 Å². The highest BCUT2D eigenvalue weighted by atomic mass is 32.2. The number of benzene rings is 2. The summed E-state index contributed by atoms with van der Waals surface area (Å²) in [4.78, 5) is 22.2. The van der Waals surface area contributed by atoms with Crippen LogP contribution in [-0.4, -0.2) is 48.4 Å². The van der Waals surface area contributed by atoms with E-state index in [1.54, 1.807) is 6.07 Å². The molecule has 5 rings (SSSR count). The van der Waals surface area contributed by atoms with Crippen LogP contribution in [0.3, 0.4) is 0 Å². The average molecular weight is 531 g/mol. The molecule has 4 atom stereocenters. The van der Waals surface area contributed by atoms with Gasteiger partial charge in [-0.3, -0.25) is 8.98 Å². The topological polar surface area (TPSA) is 156 Å². The predicted molar refractivity (Wildman–Crippen MR) is 142 cm³/mol. The molecule has 38 heavy (non-hydrogen) atoms. The first-order valence-electron chi connectivity index (χ1n) is 12.1. The Morgan fingerprint density at radius 3 is 2.89 bits per heavy atom. The van der Waals surface area contributed by atoms with Crippen molar-refractivity contribution < 1.29 is 18.3 Å². The van der Waals surface area contributed by atoms with Crippen LogP contribution >= 0.6 is 0 Å². The molecular formula is C27H26N6O4S. The van der Waals surface area contributed by atoms with E-state index in [-0.39, 0.29) is 29.9 Å². The summed E-state index contributed by atoms with van der Waals surface area (Å²) < 4.78 is 18.0. The Kier molecular flexibility index (Phi) is 7.57. The molecule has 2 aromatic heterocycles. The van der Waals surface area contributed by atoms with Gasteiger partial charge < -0.3 is 15.0 Å². The van der Waals surface area contributed by atoms with Crippen molar-refractivity contribution in [3.05, 3.63) is 89.5 Å². The summed E-state index contributed by atoms with van der Waals surface area (Å²) in [6, 6.07) is 16.8. The lowest BCUT2D eigenvalue weighted by Crippen LogP contribution is -2.29. The number of fused-ring (bicyclic) bond motifs is 1. The van der Waals surface area contributed by atoms with Gasteiger partial charge in [0.1, 0.15) is 12.1 Å². The molecule has 0 spiro atoms. The maximum atomic E-state index is 13.8. The number of carbonyl (C=O) groups is 1. The minimum atomic E-state index is -1.86. The summed E-state index contributed by atoms with van der Waals surface area (Å²) in [5.41, 5.74) is 3.19. The lowest BCUT2D eigenvalue weighted by Gasteiger charge is -2.18. The van der Waals surface area contributed by atoms with Crippen molar-refractivity contribution in [1.29, 1.82) is 5.26 Å². The molecule has 1 saturated carbocycles. The molecule has 4 aromatic rings. The van der Waals surface area contributed by atoms with E-state index in [2.05, 4.69) is 21.4 Å². The molecule has 0 bridgehead atoms. The fourth-order valence-electron chi connectivity index (χ4n) is 5.00. The zero-order valence-corrected chi connectivity index (χ0v) is 21.2. The summed E-state index contributed by atoms with van der Waals surface area (Å²) in [6.45, 7) is 0.662. The molecule has 2 heterocycles. The van der Waals surface area contributed by atoms with Crippen LogP contribution in [0.1, 0.15) is 39.9 Å². The van der Waals surface area contributed by atoms with Crippen molar-refractivity contribution >= 4 is 33.8 Å². The Hall–Kier alpha value is -3.95. The first kappa shape index (κ1) is 25.7. The lowest BCUT2D eigenvalue weighted by molar-refractivity contribution is 0.103.